The number of nitrogens with zero attached hydrogens (tertiary/aromatic N) is 2. The summed E-state index contributed by atoms with van der Waals surface area (Å²) in [6, 6.07) is 6.69. The number of sulfonamides is 1. The number of methoxy groups -OCH3 is 1. The highest BCUT2D eigenvalue weighted by Crippen LogP contribution is 2.32. The van der Waals surface area contributed by atoms with Gasteiger partial charge in [0, 0.05) is 24.7 Å². The van der Waals surface area contributed by atoms with Gasteiger partial charge in [-0.2, -0.15) is 9.40 Å². The van der Waals surface area contributed by atoms with Crippen LogP contribution in [0.1, 0.15) is 43.6 Å². The number of H-pyrrole nitrogens is 1. The molecule has 1 aliphatic carbocycles. The van der Waals surface area contributed by atoms with Gasteiger partial charge in [0.1, 0.15) is 16.3 Å². The maximum atomic E-state index is 13.2. The van der Waals surface area contributed by atoms with Gasteiger partial charge in [-0.05, 0) is 42.5 Å². The molecule has 10 heteroatoms. The Balaban J connectivity index is 1.56. The van der Waals surface area contributed by atoms with Gasteiger partial charge in [-0.3, -0.25) is 9.89 Å². The van der Waals surface area contributed by atoms with E-state index in [1.807, 2.05) is 0 Å². The third kappa shape index (κ3) is 4.92. The highest BCUT2D eigenvalue weighted by molar-refractivity contribution is 7.89. The van der Waals surface area contributed by atoms with Crippen LogP contribution < -0.4 is 10.1 Å². The van der Waals surface area contributed by atoms with E-state index >= 15 is 0 Å². The second-order valence-corrected chi connectivity index (χ2v) is 10.8. The van der Waals surface area contributed by atoms with E-state index in [9.17, 15) is 13.2 Å². The summed E-state index contributed by atoms with van der Waals surface area (Å²) in [5, 5.41) is 10.2. The lowest BCUT2D eigenvalue weighted by atomic mass is 9.78. The molecular formula is C23H32N4O5S. The minimum absolute atomic E-state index is 0.0726. The number of hydrogen-bond donors (Lipinski definition) is 2. The smallest absolute Gasteiger partial charge is 0.269 e. The predicted octanol–water partition coefficient (Wildman–Crippen LogP) is 2.66. The Hall–Kier alpha value is -2.43. The van der Waals surface area contributed by atoms with E-state index in [0.29, 0.717) is 55.1 Å². The van der Waals surface area contributed by atoms with E-state index in [4.69, 9.17) is 9.47 Å². The molecule has 2 fully saturated rings. The quantitative estimate of drug-likeness (QED) is 0.663. The number of ether oxygens (including phenoxy) is 2. The second kappa shape index (κ2) is 9.82. The lowest BCUT2D eigenvalue weighted by Crippen LogP contribution is -2.43. The number of hydrogen-bond acceptors (Lipinski definition) is 6. The molecule has 33 heavy (non-hydrogen) atoms. The molecule has 2 heterocycles. The van der Waals surface area contributed by atoms with Crippen LogP contribution in [0.15, 0.2) is 29.2 Å². The molecule has 9 nitrogen and oxygen atoms in total. The first-order chi connectivity index (χ1) is 15.8. The highest BCUT2D eigenvalue weighted by Gasteiger charge is 2.31. The molecule has 0 unspecified atom stereocenters. The van der Waals surface area contributed by atoms with Gasteiger partial charge in [0.05, 0.1) is 26.0 Å². The summed E-state index contributed by atoms with van der Waals surface area (Å²) in [4.78, 5) is 12.9. The van der Waals surface area contributed by atoms with E-state index in [0.717, 1.165) is 12.8 Å². The van der Waals surface area contributed by atoms with E-state index in [1.165, 1.54) is 17.8 Å². The number of nitrogens with one attached hydrogen (secondary N) is 2. The second-order valence-electron chi connectivity index (χ2n) is 8.90. The standard InChI is InChI=1S/C23H32N4O5S/c1-15-5-4-6-18(16(15)2)24-23(28)20-14-19(25-26-20)17-7-8-21(31-3)22(13-17)33(29,30)27-9-11-32-12-10-27/h7-8,13-16,18H,4-6,9-12H2,1-3H3,(H,24,28)(H,25,26)/t15-,16-,18+/m0/s1. The monoisotopic (exact) mass is 476 g/mol. The van der Waals surface area contributed by atoms with E-state index in [2.05, 4.69) is 29.4 Å². The third-order valence-corrected chi connectivity index (χ3v) is 8.81. The average molecular weight is 477 g/mol. The molecule has 1 amide bonds. The van der Waals surface area contributed by atoms with Crippen molar-refractivity contribution in [2.24, 2.45) is 11.8 Å². The number of rotatable bonds is 6. The molecule has 180 valence electrons. The van der Waals surface area contributed by atoms with Crippen molar-refractivity contribution in [1.29, 1.82) is 0 Å². The van der Waals surface area contributed by atoms with Gasteiger partial charge in [-0.25, -0.2) is 8.42 Å². The number of carbonyl (C=O) groups excluding carboxylic acids is 1. The molecule has 2 aromatic rings. The summed E-state index contributed by atoms with van der Waals surface area (Å²) in [6.07, 6.45) is 3.27. The van der Waals surface area contributed by atoms with E-state index in [1.54, 1.807) is 24.3 Å². The molecule has 1 saturated heterocycles. The van der Waals surface area contributed by atoms with Crippen LogP contribution in [0.5, 0.6) is 5.75 Å². The zero-order valence-electron chi connectivity index (χ0n) is 19.3. The zero-order chi connectivity index (χ0) is 23.6. The Labute approximate surface area is 194 Å². The van der Waals surface area contributed by atoms with Crippen molar-refractivity contribution in [2.45, 2.75) is 44.0 Å². The summed E-state index contributed by atoms with van der Waals surface area (Å²) < 4.78 is 38.5. The van der Waals surface area contributed by atoms with Gasteiger partial charge >= 0.3 is 0 Å². The summed E-state index contributed by atoms with van der Waals surface area (Å²) in [5.74, 6) is 1.06. The number of amides is 1. The molecule has 4 rings (SSSR count). The number of morpholine rings is 1. The topological polar surface area (TPSA) is 114 Å². The number of carbonyl (C=O) groups is 1. The SMILES string of the molecule is COc1ccc(-c2cc(C(=O)N[C@@H]3CCC[C@H](C)[C@@H]3C)[nH]n2)cc1S(=O)(=O)N1CCOCC1. The maximum absolute atomic E-state index is 13.2. The van der Waals surface area contributed by atoms with Crippen molar-refractivity contribution in [3.05, 3.63) is 30.0 Å². The summed E-state index contributed by atoms with van der Waals surface area (Å²) in [5.41, 5.74) is 1.42. The first kappa shape index (κ1) is 23.7. The van der Waals surface area contributed by atoms with Gasteiger partial charge in [0.25, 0.3) is 5.91 Å². The zero-order valence-corrected chi connectivity index (χ0v) is 20.2. The van der Waals surface area contributed by atoms with Crippen LogP contribution in [0.25, 0.3) is 11.3 Å². The predicted molar refractivity (Wildman–Crippen MR) is 124 cm³/mol. The number of aromatic nitrogens is 2. The number of aromatic amines is 1. The third-order valence-electron chi connectivity index (χ3n) is 6.89. The normalized spacial score (nSPS) is 24.4. The van der Waals surface area contributed by atoms with Crippen LogP contribution >= 0.6 is 0 Å². The fourth-order valence-electron chi connectivity index (χ4n) is 4.58. The summed E-state index contributed by atoms with van der Waals surface area (Å²) in [7, 11) is -2.32. The Morgan fingerprint density at radius 1 is 1.21 bits per heavy atom. The highest BCUT2D eigenvalue weighted by atomic mass is 32.2. The Morgan fingerprint density at radius 3 is 2.70 bits per heavy atom. The fourth-order valence-corrected chi connectivity index (χ4v) is 6.17. The molecule has 1 aromatic heterocycles. The Kier molecular flexibility index (Phi) is 7.06. The maximum Gasteiger partial charge on any atom is 0.269 e. The molecule has 2 aliphatic rings. The Morgan fingerprint density at radius 2 is 1.97 bits per heavy atom. The molecule has 3 atom stereocenters. The molecule has 1 aliphatic heterocycles. The van der Waals surface area contributed by atoms with Crippen LogP contribution in [0, 0.1) is 11.8 Å². The van der Waals surface area contributed by atoms with Crippen molar-refractivity contribution in [2.75, 3.05) is 33.4 Å². The van der Waals surface area contributed by atoms with Crippen molar-refractivity contribution < 1.29 is 22.7 Å². The molecule has 0 bridgehead atoms. The average Bonchev–Trinajstić information content (AvgIpc) is 3.33. The fraction of sp³-hybridized carbons (Fsp3) is 0.565. The van der Waals surface area contributed by atoms with Gasteiger partial charge in [0.2, 0.25) is 10.0 Å². The molecule has 0 radical (unpaired) electrons. The minimum atomic E-state index is -3.76. The molecular weight excluding hydrogens is 444 g/mol. The first-order valence-corrected chi connectivity index (χ1v) is 12.9. The van der Waals surface area contributed by atoms with Crippen molar-refractivity contribution in [3.8, 4) is 17.0 Å². The lowest BCUT2D eigenvalue weighted by molar-refractivity contribution is 0.0729. The molecule has 2 N–H and O–H groups in total. The van der Waals surface area contributed by atoms with E-state index in [-0.39, 0.29) is 22.6 Å². The van der Waals surface area contributed by atoms with Gasteiger partial charge < -0.3 is 14.8 Å². The number of benzene rings is 1. The van der Waals surface area contributed by atoms with Crippen LogP contribution in [-0.4, -0.2) is 68.3 Å². The van der Waals surface area contributed by atoms with Crippen LogP contribution in [-0.2, 0) is 14.8 Å². The van der Waals surface area contributed by atoms with Crippen molar-refractivity contribution in [1.82, 2.24) is 19.8 Å². The van der Waals surface area contributed by atoms with Crippen molar-refractivity contribution in [3.63, 3.8) is 0 Å². The first-order valence-electron chi connectivity index (χ1n) is 11.4. The van der Waals surface area contributed by atoms with Gasteiger partial charge in [-0.1, -0.05) is 26.7 Å². The van der Waals surface area contributed by atoms with Gasteiger partial charge in [-0.15, -0.1) is 0 Å². The van der Waals surface area contributed by atoms with Crippen LogP contribution in [0.3, 0.4) is 0 Å². The summed E-state index contributed by atoms with van der Waals surface area (Å²) >= 11 is 0. The largest absolute Gasteiger partial charge is 0.495 e. The van der Waals surface area contributed by atoms with E-state index < -0.39 is 10.0 Å². The molecule has 0 spiro atoms. The molecule has 1 aromatic carbocycles. The van der Waals surface area contributed by atoms with Crippen LogP contribution in [0.2, 0.25) is 0 Å². The molecule has 1 saturated carbocycles. The van der Waals surface area contributed by atoms with Crippen molar-refractivity contribution >= 4 is 15.9 Å². The Bertz CT molecular complexity index is 1090. The summed E-state index contributed by atoms with van der Waals surface area (Å²) in [6.45, 7) is 5.71. The lowest BCUT2D eigenvalue weighted by Gasteiger charge is -2.34. The van der Waals surface area contributed by atoms with Crippen LogP contribution in [0.4, 0.5) is 0 Å². The van der Waals surface area contributed by atoms with Gasteiger partial charge in [0.15, 0.2) is 0 Å². The minimum Gasteiger partial charge on any atom is -0.495 e.